The molecule has 0 aliphatic heterocycles. The number of aliphatic imine (C=N–C) groups is 1. The number of halogens is 1. The predicted molar refractivity (Wildman–Crippen MR) is 96.2 cm³/mol. The second-order valence-electron chi connectivity index (χ2n) is 5.15. The molecule has 0 saturated carbocycles. The summed E-state index contributed by atoms with van der Waals surface area (Å²) in [4.78, 5) is 12.4. The summed E-state index contributed by atoms with van der Waals surface area (Å²) < 4.78 is 3.22. The lowest BCUT2D eigenvalue weighted by Crippen LogP contribution is -2.38. The van der Waals surface area contributed by atoms with Crippen molar-refractivity contribution in [2.75, 3.05) is 13.6 Å². The lowest BCUT2D eigenvalue weighted by Gasteiger charge is -2.22. The van der Waals surface area contributed by atoms with E-state index in [4.69, 9.17) is 4.99 Å². The van der Waals surface area contributed by atoms with Crippen molar-refractivity contribution < 1.29 is 0 Å². The van der Waals surface area contributed by atoms with Gasteiger partial charge in [-0.25, -0.2) is 9.98 Å². The zero-order chi connectivity index (χ0) is 16.1. The first-order valence-electron chi connectivity index (χ1n) is 7.20. The fourth-order valence-electron chi connectivity index (χ4n) is 2.14. The van der Waals surface area contributed by atoms with Gasteiger partial charge in [0.05, 0.1) is 24.3 Å². The zero-order valence-corrected chi connectivity index (χ0v) is 15.8. The van der Waals surface area contributed by atoms with Crippen LogP contribution >= 0.6 is 27.3 Å². The maximum atomic E-state index is 4.73. The molecule has 7 heteroatoms. The van der Waals surface area contributed by atoms with E-state index in [1.54, 1.807) is 11.3 Å². The van der Waals surface area contributed by atoms with E-state index in [9.17, 15) is 0 Å². The Balaban J connectivity index is 2.09. The average molecular weight is 384 g/mol. The van der Waals surface area contributed by atoms with Crippen molar-refractivity contribution in [2.45, 2.75) is 26.9 Å². The second kappa shape index (κ2) is 7.78. The van der Waals surface area contributed by atoms with Gasteiger partial charge >= 0.3 is 0 Å². The molecule has 2 rings (SSSR count). The standard InChI is InChI=1S/C15H22BrN5S/c1-5-17-15(18-7-14-11(2)19-10-22-14)21(4)9-13-6-12(16)8-20(13)3/h6,8,10H,5,7,9H2,1-4H3,(H,17,18). The summed E-state index contributed by atoms with van der Waals surface area (Å²) in [5, 5.41) is 3.35. The maximum absolute atomic E-state index is 4.73. The van der Waals surface area contributed by atoms with E-state index in [0.29, 0.717) is 6.54 Å². The van der Waals surface area contributed by atoms with Gasteiger partial charge in [0.2, 0.25) is 0 Å². The van der Waals surface area contributed by atoms with Crippen molar-refractivity contribution in [3.05, 3.63) is 38.5 Å². The Bertz CT molecular complexity index is 646. The maximum Gasteiger partial charge on any atom is 0.194 e. The molecular formula is C15H22BrN5S. The summed E-state index contributed by atoms with van der Waals surface area (Å²) >= 11 is 5.17. The number of nitrogens with one attached hydrogen (secondary N) is 1. The van der Waals surface area contributed by atoms with Gasteiger partial charge in [0.15, 0.2) is 5.96 Å². The highest BCUT2D eigenvalue weighted by Gasteiger charge is 2.10. The zero-order valence-electron chi connectivity index (χ0n) is 13.4. The SMILES string of the molecule is CCNC(=NCc1scnc1C)N(C)Cc1cc(Br)cn1C. The van der Waals surface area contributed by atoms with Crippen molar-refractivity contribution in [2.24, 2.45) is 12.0 Å². The van der Waals surface area contributed by atoms with Crippen LogP contribution in [0.25, 0.3) is 0 Å². The molecule has 0 aliphatic rings. The van der Waals surface area contributed by atoms with E-state index in [2.05, 4.69) is 69.0 Å². The minimum atomic E-state index is 0.667. The molecule has 0 unspecified atom stereocenters. The Hall–Kier alpha value is -1.34. The first-order valence-corrected chi connectivity index (χ1v) is 8.87. The van der Waals surface area contributed by atoms with Crippen molar-refractivity contribution in [1.82, 2.24) is 19.8 Å². The highest BCUT2D eigenvalue weighted by atomic mass is 79.9. The van der Waals surface area contributed by atoms with Crippen LogP contribution in [0.15, 0.2) is 27.2 Å². The number of guanidine groups is 1. The molecule has 0 atom stereocenters. The van der Waals surface area contributed by atoms with Crippen molar-refractivity contribution in [3.63, 3.8) is 0 Å². The summed E-state index contributed by atoms with van der Waals surface area (Å²) in [6.07, 6.45) is 2.06. The van der Waals surface area contributed by atoms with E-state index in [1.807, 2.05) is 12.4 Å². The molecule has 0 saturated heterocycles. The Morgan fingerprint density at radius 3 is 2.86 bits per heavy atom. The van der Waals surface area contributed by atoms with Gasteiger partial charge in [-0.3, -0.25) is 0 Å². The Kier molecular flexibility index (Phi) is 6.02. The molecule has 0 fully saturated rings. The van der Waals surface area contributed by atoms with Crippen molar-refractivity contribution >= 4 is 33.2 Å². The molecule has 2 aromatic rings. The topological polar surface area (TPSA) is 45.5 Å². The van der Waals surface area contributed by atoms with Crippen molar-refractivity contribution in [3.8, 4) is 0 Å². The highest BCUT2D eigenvalue weighted by molar-refractivity contribution is 9.10. The molecule has 2 heterocycles. The monoisotopic (exact) mass is 383 g/mol. The van der Waals surface area contributed by atoms with Gasteiger partial charge in [-0.2, -0.15) is 0 Å². The normalized spacial score (nSPS) is 11.8. The first-order chi connectivity index (χ1) is 10.5. The molecule has 0 aromatic carbocycles. The highest BCUT2D eigenvalue weighted by Crippen LogP contribution is 2.16. The number of aromatic nitrogens is 2. The van der Waals surface area contributed by atoms with Crippen LogP contribution in [0.2, 0.25) is 0 Å². The third-order valence-corrected chi connectivity index (χ3v) is 4.74. The number of hydrogen-bond donors (Lipinski definition) is 1. The quantitative estimate of drug-likeness (QED) is 0.636. The third-order valence-electron chi connectivity index (χ3n) is 3.39. The number of hydrogen-bond acceptors (Lipinski definition) is 3. The number of rotatable bonds is 5. The summed E-state index contributed by atoms with van der Waals surface area (Å²) in [6, 6.07) is 2.13. The Morgan fingerprint density at radius 2 is 2.32 bits per heavy atom. The lowest BCUT2D eigenvalue weighted by molar-refractivity contribution is 0.462. The van der Waals surface area contributed by atoms with Crippen LogP contribution in [0, 0.1) is 6.92 Å². The lowest BCUT2D eigenvalue weighted by atomic mass is 10.4. The van der Waals surface area contributed by atoms with Crippen LogP contribution in [0.5, 0.6) is 0 Å². The summed E-state index contributed by atoms with van der Waals surface area (Å²) in [5.41, 5.74) is 4.17. The van der Waals surface area contributed by atoms with Gasteiger partial charge in [0.25, 0.3) is 0 Å². The predicted octanol–water partition coefficient (Wildman–Crippen LogP) is 3.15. The average Bonchev–Trinajstić information content (AvgIpc) is 3.00. The van der Waals surface area contributed by atoms with E-state index < -0.39 is 0 Å². The van der Waals surface area contributed by atoms with Crippen LogP contribution < -0.4 is 5.32 Å². The minimum Gasteiger partial charge on any atom is -0.357 e. The Morgan fingerprint density at radius 1 is 1.55 bits per heavy atom. The fraction of sp³-hybridized carbons (Fsp3) is 0.467. The molecule has 2 aromatic heterocycles. The van der Waals surface area contributed by atoms with Crippen LogP contribution in [-0.2, 0) is 20.1 Å². The van der Waals surface area contributed by atoms with Gasteiger partial charge < -0.3 is 14.8 Å². The molecule has 0 radical (unpaired) electrons. The van der Waals surface area contributed by atoms with Crippen molar-refractivity contribution in [1.29, 1.82) is 0 Å². The molecule has 120 valence electrons. The van der Waals surface area contributed by atoms with E-state index >= 15 is 0 Å². The number of nitrogens with zero attached hydrogens (tertiary/aromatic N) is 4. The number of aryl methyl sites for hydroxylation is 2. The van der Waals surface area contributed by atoms with E-state index in [-0.39, 0.29) is 0 Å². The van der Waals surface area contributed by atoms with Crippen LogP contribution in [-0.4, -0.2) is 34.0 Å². The molecule has 1 N–H and O–H groups in total. The van der Waals surface area contributed by atoms with E-state index in [1.165, 1.54) is 10.6 Å². The molecule has 0 spiro atoms. The minimum absolute atomic E-state index is 0.667. The fourth-order valence-corrected chi connectivity index (χ4v) is 3.41. The molecular weight excluding hydrogens is 362 g/mol. The second-order valence-corrected chi connectivity index (χ2v) is 7.00. The van der Waals surface area contributed by atoms with Gasteiger partial charge in [-0.15, -0.1) is 11.3 Å². The number of thiazole rings is 1. The molecule has 22 heavy (non-hydrogen) atoms. The van der Waals surface area contributed by atoms with Gasteiger partial charge in [0, 0.05) is 41.9 Å². The van der Waals surface area contributed by atoms with Crippen LogP contribution in [0.3, 0.4) is 0 Å². The largest absolute Gasteiger partial charge is 0.357 e. The van der Waals surface area contributed by atoms with Crippen LogP contribution in [0.1, 0.15) is 23.2 Å². The third kappa shape index (κ3) is 4.33. The summed E-state index contributed by atoms with van der Waals surface area (Å²) in [5.74, 6) is 0.910. The first kappa shape index (κ1) is 17.0. The summed E-state index contributed by atoms with van der Waals surface area (Å²) in [7, 11) is 4.11. The van der Waals surface area contributed by atoms with Gasteiger partial charge in [-0.05, 0) is 35.8 Å². The smallest absolute Gasteiger partial charge is 0.194 e. The molecule has 5 nitrogen and oxygen atoms in total. The molecule has 0 bridgehead atoms. The Labute approximate surface area is 144 Å². The molecule has 0 amide bonds. The van der Waals surface area contributed by atoms with Crippen LogP contribution in [0.4, 0.5) is 0 Å². The van der Waals surface area contributed by atoms with Gasteiger partial charge in [-0.1, -0.05) is 0 Å². The van der Waals surface area contributed by atoms with E-state index in [0.717, 1.165) is 29.2 Å². The van der Waals surface area contributed by atoms with Gasteiger partial charge in [0.1, 0.15) is 0 Å². The summed E-state index contributed by atoms with van der Waals surface area (Å²) in [6.45, 7) is 6.43. The molecule has 0 aliphatic carbocycles.